The van der Waals surface area contributed by atoms with Gasteiger partial charge in [0.1, 0.15) is 0 Å². The second kappa shape index (κ2) is 22.5. The van der Waals surface area contributed by atoms with Crippen molar-refractivity contribution in [2.24, 2.45) is 0 Å². The lowest BCUT2D eigenvalue weighted by atomic mass is 9.31. The highest BCUT2D eigenvalue weighted by Crippen LogP contribution is 2.52. The zero-order chi connectivity index (χ0) is 60.6. The first-order valence-electron chi connectivity index (χ1n) is 31.5. The van der Waals surface area contributed by atoms with Crippen LogP contribution in [0.15, 0.2) is 359 Å². The summed E-state index contributed by atoms with van der Waals surface area (Å²) in [5, 5.41) is 0. The molecule has 0 radical (unpaired) electrons. The van der Waals surface area contributed by atoms with Gasteiger partial charge in [-0.1, -0.05) is 265 Å². The number of para-hydroxylation sites is 5. The Bertz CT molecular complexity index is 5000. The molecule has 14 aromatic rings. The van der Waals surface area contributed by atoms with Crippen molar-refractivity contribution in [2.45, 2.75) is 19.6 Å². The second-order valence-corrected chi connectivity index (χ2v) is 26.1. The molecule has 0 aromatic heterocycles. The number of nitrogens with zero attached hydrogens (tertiary/aromatic N) is 4. The van der Waals surface area contributed by atoms with Crippen LogP contribution >= 0.6 is 23.5 Å². The number of hydrogen-bond donors (Lipinski definition) is 0. The van der Waals surface area contributed by atoms with E-state index in [4.69, 9.17) is 0 Å². The molecule has 0 aliphatic carbocycles. The molecule has 18 rings (SSSR count). The van der Waals surface area contributed by atoms with Gasteiger partial charge in [0.25, 0.3) is 6.71 Å². The highest BCUT2D eigenvalue weighted by molar-refractivity contribution is 8.01. The van der Waals surface area contributed by atoms with Crippen molar-refractivity contribution in [3.8, 4) is 33.4 Å². The van der Waals surface area contributed by atoms with Gasteiger partial charge in [0.15, 0.2) is 0 Å². The third-order valence-electron chi connectivity index (χ3n) is 18.7. The molecular weight excluding hydrogens is 1150 g/mol. The second-order valence-electron chi connectivity index (χ2n) is 23.9. The fourth-order valence-corrected chi connectivity index (χ4v) is 17.2. The minimum atomic E-state index is -0.138. The molecule has 4 nitrogen and oxygen atoms in total. The third-order valence-corrected chi connectivity index (χ3v) is 21.0. The Kier molecular flexibility index (Phi) is 13.3. The molecule has 0 bridgehead atoms. The van der Waals surface area contributed by atoms with E-state index >= 15 is 0 Å². The summed E-state index contributed by atoms with van der Waals surface area (Å²) in [5.41, 5.74) is 28.3. The summed E-state index contributed by atoms with van der Waals surface area (Å²) < 4.78 is 0. The lowest BCUT2D eigenvalue weighted by Gasteiger charge is -2.46. The normalized spacial score (nSPS) is 12.8. The lowest BCUT2D eigenvalue weighted by molar-refractivity contribution is 1.22. The van der Waals surface area contributed by atoms with Gasteiger partial charge < -0.3 is 19.6 Å². The zero-order valence-electron chi connectivity index (χ0n) is 50.1. The molecule has 4 aliphatic heterocycles. The van der Waals surface area contributed by atoms with E-state index in [1.807, 2.05) is 23.5 Å². The van der Waals surface area contributed by atoms with Gasteiger partial charge >= 0.3 is 0 Å². The Hall–Kier alpha value is -10.9. The summed E-state index contributed by atoms with van der Waals surface area (Å²) in [5.74, 6) is 0. The van der Waals surface area contributed by atoms with Crippen molar-refractivity contribution in [3.63, 3.8) is 0 Å². The molecule has 8 heteroatoms. The Morgan fingerprint density at radius 2 is 0.652 bits per heavy atom. The van der Waals surface area contributed by atoms with Gasteiger partial charge in [-0.25, -0.2) is 0 Å². The summed E-state index contributed by atoms with van der Waals surface area (Å²) in [7, 11) is 0. The van der Waals surface area contributed by atoms with Crippen LogP contribution in [0, 0.1) is 0 Å². The van der Waals surface area contributed by atoms with E-state index in [0.29, 0.717) is 0 Å². The van der Waals surface area contributed by atoms with Gasteiger partial charge in [-0.2, -0.15) is 0 Å². The summed E-state index contributed by atoms with van der Waals surface area (Å²) in [6, 6.07) is 126. The van der Waals surface area contributed by atoms with Crippen LogP contribution in [0.4, 0.5) is 68.2 Å². The minimum absolute atomic E-state index is 0.00184. The maximum atomic E-state index is 2.64. The van der Waals surface area contributed by atoms with Gasteiger partial charge in [-0.3, -0.25) is 0 Å². The minimum Gasteiger partial charge on any atom is -0.311 e. The van der Waals surface area contributed by atoms with Crippen molar-refractivity contribution in [3.05, 3.63) is 340 Å². The summed E-state index contributed by atoms with van der Waals surface area (Å²) in [4.78, 5) is 15.2. The van der Waals surface area contributed by atoms with E-state index in [0.717, 1.165) is 68.0 Å². The van der Waals surface area contributed by atoms with Crippen molar-refractivity contribution >= 4 is 138 Å². The van der Waals surface area contributed by atoms with Crippen molar-refractivity contribution in [1.29, 1.82) is 0 Å². The monoisotopic (exact) mass is 1210 g/mol. The molecule has 4 heterocycles. The summed E-state index contributed by atoms with van der Waals surface area (Å²) in [6.07, 6.45) is 0. The Labute approximate surface area is 546 Å². The molecule has 0 saturated heterocycles. The molecule has 0 amide bonds. The fourth-order valence-electron chi connectivity index (χ4n) is 14.7. The van der Waals surface area contributed by atoms with Crippen LogP contribution in [-0.4, -0.2) is 13.4 Å². The van der Waals surface area contributed by atoms with E-state index in [1.54, 1.807) is 0 Å². The predicted octanol–water partition coefficient (Wildman–Crippen LogP) is 19.2. The number of benzene rings is 14. The zero-order valence-corrected chi connectivity index (χ0v) is 51.7. The topological polar surface area (TPSA) is 13.0 Å². The van der Waals surface area contributed by atoms with Crippen LogP contribution in [0.1, 0.15) is 0 Å². The van der Waals surface area contributed by atoms with Crippen LogP contribution in [0.5, 0.6) is 0 Å². The largest absolute Gasteiger partial charge is 0.311 e. The van der Waals surface area contributed by atoms with Crippen LogP contribution in [-0.2, 0) is 0 Å². The molecule has 0 unspecified atom stereocenters. The first-order valence-corrected chi connectivity index (χ1v) is 33.2. The van der Waals surface area contributed by atoms with E-state index in [2.05, 4.69) is 359 Å². The molecule has 0 saturated carbocycles. The summed E-state index contributed by atoms with van der Waals surface area (Å²) >= 11 is 3.84. The lowest BCUT2D eigenvalue weighted by Crippen LogP contribution is -2.64. The maximum absolute atomic E-state index is 2.64. The average molecular weight is 1210 g/mol. The molecule has 0 spiro atoms. The van der Waals surface area contributed by atoms with E-state index < -0.39 is 0 Å². The van der Waals surface area contributed by atoms with Crippen molar-refractivity contribution < 1.29 is 0 Å². The molecule has 430 valence electrons. The van der Waals surface area contributed by atoms with Crippen LogP contribution in [0.2, 0.25) is 0 Å². The quantitative estimate of drug-likeness (QED) is 0.119. The summed E-state index contributed by atoms with van der Waals surface area (Å²) in [6.45, 7) is -0.140. The van der Waals surface area contributed by atoms with E-state index in [9.17, 15) is 0 Å². The fraction of sp³-hybridized carbons (Fsp3) is 0. The smallest absolute Gasteiger partial charge is 0.252 e. The van der Waals surface area contributed by atoms with Crippen LogP contribution < -0.4 is 52.4 Å². The van der Waals surface area contributed by atoms with Crippen molar-refractivity contribution in [1.82, 2.24) is 0 Å². The SMILES string of the molecule is c1ccc(-c2ccc(N(c3ccc(-c4ccccc4)cc3)c3cc4c5c(c3)N(c3ccccc3-c3ccccc3)c3cc6c(cc3B5c3ccccc3N4c3ccccc3)B3c4ccccc4Sc4cc(N(c5ccccc5)c5ccccc5)cc(c43)S6)cc2)cc1. The highest BCUT2D eigenvalue weighted by Gasteiger charge is 2.47. The van der Waals surface area contributed by atoms with Gasteiger partial charge in [-0.15, -0.1) is 0 Å². The molecule has 0 N–H and O–H groups in total. The number of hydrogen-bond acceptors (Lipinski definition) is 6. The molecule has 0 fully saturated rings. The highest BCUT2D eigenvalue weighted by atomic mass is 32.2. The Balaban J connectivity index is 0.912. The predicted molar refractivity (Wildman–Crippen MR) is 392 cm³/mol. The maximum Gasteiger partial charge on any atom is 0.252 e. The molecule has 4 aliphatic rings. The molecule has 92 heavy (non-hydrogen) atoms. The number of fused-ring (bicyclic) bond motifs is 8. The number of anilines is 12. The Morgan fingerprint density at radius 3 is 1.24 bits per heavy atom. The van der Waals surface area contributed by atoms with Crippen LogP contribution in [0.3, 0.4) is 0 Å². The first kappa shape index (κ1) is 54.1. The standard InChI is InChI=1S/C84H56B2N4S2/c1-7-25-57(26-8-1)59-43-47-65(48-44-59)88(66-49-45-60(46-50-66)58-27-9-2-10-28-58)67-51-77-83-78(52-67)90(74-40-22-19-37-69(74)61-29-11-3-12-30-61)76-56-80-73(55-72(76)85(83)70-38-20-23-41-75(70)89(77)64-35-17-6-18-36-64)86-71-39-21-24-42-79(71)91-81-53-68(54-82(92-80)84(81)86)87(62-31-13-4-14-32-62)63-33-15-5-16-34-63/h1-56H. The molecular formula is C84H56B2N4S2. The van der Waals surface area contributed by atoms with Gasteiger partial charge in [0.05, 0.1) is 11.4 Å². The van der Waals surface area contributed by atoms with Gasteiger partial charge in [0, 0.05) is 82.0 Å². The first-order chi connectivity index (χ1) is 45.6. The number of rotatable bonds is 11. The Morgan fingerprint density at radius 1 is 0.228 bits per heavy atom. The van der Waals surface area contributed by atoms with E-state index in [-0.39, 0.29) is 13.4 Å². The van der Waals surface area contributed by atoms with Crippen molar-refractivity contribution in [2.75, 3.05) is 19.6 Å². The van der Waals surface area contributed by atoms with Crippen LogP contribution in [0.25, 0.3) is 33.4 Å². The van der Waals surface area contributed by atoms with Gasteiger partial charge in [0.2, 0.25) is 6.71 Å². The average Bonchev–Trinajstić information content (AvgIpc) is 0.692. The molecule has 0 atom stereocenters. The van der Waals surface area contributed by atoms with Gasteiger partial charge in [-0.05, 0) is 159 Å². The third kappa shape index (κ3) is 9.12. The molecule has 14 aromatic carbocycles. The van der Waals surface area contributed by atoms with E-state index in [1.165, 1.54) is 86.0 Å².